The maximum Gasteiger partial charge on any atom is 0.253 e. The molecule has 0 aliphatic rings. The van der Waals surface area contributed by atoms with Gasteiger partial charge in [0.05, 0.1) is 17.8 Å². The molecule has 3 rings (SSSR count). The molecule has 2 heterocycles. The average Bonchev–Trinajstić information content (AvgIpc) is 3.59. The van der Waals surface area contributed by atoms with Crippen molar-refractivity contribution in [2.45, 2.75) is 80.7 Å². The van der Waals surface area contributed by atoms with Gasteiger partial charge in [-0.25, -0.2) is 4.98 Å². The topological polar surface area (TPSA) is 93.1 Å². The van der Waals surface area contributed by atoms with Crippen LogP contribution in [0.3, 0.4) is 0 Å². The SMILES string of the molecule is C/C=C\C.CCC.CCC(C)(C)n1ccc(C(=O)NCC(=O)Nc2nc(-c3ccc(C)c(C(C)=O)c3)cs2)c1. The Balaban J connectivity index is 0.000000975. The number of hydrogen-bond donors (Lipinski definition) is 2. The molecule has 0 unspecified atom stereocenters. The number of rotatable bonds is 8. The summed E-state index contributed by atoms with van der Waals surface area (Å²) >= 11 is 1.29. The van der Waals surface area contributed by atoms with Crippen molar-refractivity contribution < 1.29 is 14.4 Å². The number of anilines is 1. The highest BCUT2D eigenvalue weighted by atomic mass is 32.1. The van der Waals surface area contributed by atoms with Crippen LogP contribution in [-0.4, -0.2) is 33.7 Å². The van der Waals surface area contributed by atoms with Crippen molar-refractivity contribution in [3.63, 3.8) is 0 Å². The molecule has 7 nitrogen and oxygen atoms in total. The Kier molecular flexibility index (Phi) is 14.1. The molecule has 0 radical (unpaired) electrons. The minimum absolute atomic E-state index is 0.00236. The fraction of sp³-hybridized carbons (Fsp3) is 0.419. The van der Waals surface area contributed by atoms with Gasteiger partial charge in [0.25, 0.3) is 5.91 Å². The van der Waals surface area contributed by atoms with E-state index < -0.39 is 0 Å². The van der Waals surface area contributed by atoms with Crippen LogP contribution in [-0.2, 0) is 10.3 Å². The molecule has 2 N–H and O–H groups in total. The minimum Gasteiger partial charge on any atom is -0.348 e. The lowest BCUT2D eigenvalue weighted by atomic mass is 10.0. The number of hydrogen-bond acceptors (Lipinski definition) is 5. The molecule has 2 aromatic heterocycles. The molecule has 0 saturated carbocycles. The molecule has 8 heteroatoms. The predicted molar refractivity (Wildman–Crippen MR) is 164 cm³/mol. The summed E-state index contributed by atoms with van der Waals surface area (Å²) in [4.78, 5) is 40.9. The Labute approximate surface area is 237 Å². The first kappa shape index (κ1) is 33.5. The van der Waals surface area contributed by atoms with Gasteiger partial charge in [0.15, 0.2) is 10.9 Å². The van der Waals surface area contributed by atoms with Crippen LogP contribution in [0.5, 0.6) is 0 Å². The van der Waals surface area contributed by atoms with E-state index in [1.165, 1.54) is 24.7 Å². The highest BCUT2D eigenvalue weighted by molar-refractivity contribution is 7.14. The molecule has 2 amide bonds. The van der Waals surface area contributed by atoms with Crippen LogP contribution in [0.15, 0.2) is 54.2 Å². The van der Waals surface area contributed by atoms with Crippen LogP contribution >= 0.6 is 11.3 Å². The number of allylic oxidation sites excluding steroid dienone is 2. The second kappa shape index (κ2) is 16.4. The largest absolute Gasteiger partial charge is 0.348 e. The number of ketones is 1. The number of aryl methyl sites for hydroxylation is 1. The monoisotopic (exact) mass is 552 g/mol. The number of Topliss-reactive ketones (excluding diaryl/α,β-unsaturated/α-hetero) is 1. The van der Waals surface area contributed by atoms with Gasteiger partial charge in [-0.05, 0) is 65.7 Å². The molecule has 212 valence electrons. The fourth-order valence-corrected chi connectivity index (χ4v) is 3.88. The Morgan fingerprint density at radius 1 is 1.08 bits per heavy atom. The van der Waals surface area contributed by atoms with E-state index in [1.54, 1.807) is 12.3 Å². The first-order valence-corrected chi connectivity index (χ1v) is 14.2. The van der Waals surface area contributed by atoms with Crippen molar-refractivity contribution in [2.75, 3.05) is 11.9 Å². The summed E-state index contributed by atoms with van der Waals surface area (Å²) < 4.78 is 2.00. The summed E-state index contributed by atoms with van der Waals surface area (Å²) in [5, 5.41) is 7.60. The van der Waals surface area contributed by atoms with E-state index in [9.17, 15) is 14.4 Å². The number of benzene rings is 1. The van der Waals surface area contributed by atoms with E-state index in [0.29, 0.717) is 22.0 Å². The van der Waals surface area contributed by atoms with Gasteiger partial charge in [-0.1, -0.05) is 51.5 Å². The number of carbonyl (C=O) groups is 3. The van der Waals surface area contributed by atoms with Crippen molar-refractivity contribution in [1.29, 1.82) is 0 Å². The fourth-order valence-electron chi connectivity index (χ4n) is 3.14. The zero-order valence-electron chi connectivity index (χ0n) is 24.8. The molecule has 0 saturated heterocycles. The molecule has 3 aromatic rings. The van der Waals surface area contributed by atoms with Gasteiger partial charge in [0.2, 0.25) is 5.91 Å². The van der Waals surface area contributed by atoms with E-state index >= 15 is 0 Å². The lowest BCUT2D eigenvalue weighted by Gasteiger charge is -2.25. The Morgan fingerprint density at radius 3 is 2.28 bits per heavy atom. The third kappa shape index (κ3) is 10.6. The smallest absolute Gasteiger partial charge is 0.253 e. The van der Waals surface area contributed by atoms with Gasteiger partial charge in [-0.15, -0.1) is 11.3 Å². The highest BCUT2D eigenvalue weighted by Gasteiger charge is 2.19. The maximum absolute atomic E-state index is 12.4. The second-order valence-corrected chi connectivity index (χ2v) is 10.6. The van der Waals surface area contributed by atoms with Gasteiger partial charge in [0, 0.05) is 34.4 Å². The van der Waals surface area contributed by atoms with Gasteiger partial charge in [-0.3, -0.25) is 14.4 Å². The highest BCUT2D eigenvalue weighted by Crippen LogP contribution is 2.27. The first-order chi connectivity index (χ1) is 18.4. The predicted octanol–water partition coefficient (Wildman–Crippen LogP) is 7.63. The Bertz CT molecular complexity index is 1250. The summed E-state index contributed by atoms with van der Waals surface area (Å²) in [6, 6.07) is 7.34. The van der Waals surface area contributed by atoms with Gasteiger partial charge in [-0.2, -0.15) is 0 Å². The average molecular weight is 553 g/mol. The third-order valence-corrected chi connectivity index (χ3v) is 6.68. The van der Waals surface area contributed by atoms with Crippen LogP contribution in [0.2, 0.25) is 0 Å². The second-order valence-electron chi connectivity index (χ2n) is 9.70. The number of thiazole rings is 1. The van der Waals surface area contributed by atoms with E-state index in [4.69, 9.17) is 0 Å². The van der Waals surface area contributed by atoms with E-state index in [2.05, 4.69) is 50.2 Å². The lowest BCUT2D eigenvalue weighted by molar-refractivity contribution is -0.115. The Morgan fingerprint density at radius 2 is 1.72 bits per heavy atom. The van der Waals surface area contributed by atoms with E-state index in [1.807, 2.05) is 67.3 Å². The molecule has 0 aliphatic carbocycles. The number of amides is 2. The number of aromatic nitrogens is 2. The molecule has 0 spiro atoms. The summed E-state index contributed by atoms with van der Waals surface area (Å²) in [5.41, 5.74) is 3.48. The third-order valence-electron chi connectivity index (χ3n) is 5.93. The van der Waals surface area contributed by atoms with Crippen molar-refractivity contribution >= 4 is 34.1 Å². The lowest BCUT2D eigenvalue weighted by Crippen LogP contribution is -2.32. The zero-order valence-corrected chi connectivity index (χ0v) is 25.7. The standard InChI is InChI=1S/C24H28N4O3S.C4H8.C3H8/c1-6-24(4,5)28-10-9-18(13-28)22(31)25-12-21(30)27-23-26-20(14-32-23)17-8-7-15(2)19(11-17)16(3)29;1-3-4-2;1-3-2/h7-11,13-14H,6,12H2,1-5H3,(H,25,31)(H,26,27,30);3-4H,1-2H3;3H2,1-2H3/b;4-3-;. The van der Waals surface area contributed by atoms with Crippen LogP contribution in [0, 0.1) is 6.92 Å². The van der Waals surface area contributed by atoms with Crippen molar-refractivity contribution in [2.24, 2.45) is 0 Å². The van der Waals surface area contributed by atoms with Crippen molar-refractivity contribution in [3.8, 4) is 11.3 Å². The molecular formula is C31H44N4O3S. The van der Waals surface area contributed by atoms with Crippen LogP contribution < -0.4 is 10.6 Å². The molecule has 39 heavy (non-hydrogen) atoms. The zero-order chi connectivity index (χ0) is 29.6. The number of carbonyl (C=O) groups excluding carboxylic acids is 3. The molecule has 0 atom stereocenters. The van der Waals surface area contributed by atoms with Crippen LogP contribution in [0.4, 0.5) is 5.13 Å². The molecule has 1 aromatic carbocycles. The van der Waals surface area contributed by atoms with E-state index in [-0.39, 0.29) is 29.7 Å². The Hall–Kier alpha value is -3.52. The number of nitrogens with zero attached hydrogens (tertiary/aromatic N) is 2. The molecule has 0 fully saturated rings. The summed E-state index contributed by atoms with van der Waals surface area (Å²) in [6.45, 7) is 17.8. The van der Waals surface area contributed by atoms with Crippen molar-refractivity contribution in [1.82, 2.24) is 14.9 Å². The number of nitrogens with one attached hydrogen (secondary N) is 2. The summed E-state index contributed by atoms with van der Waals surface area (Å²) in [7, 11) is 0. The first-order valence-electron chi connectivity index (χ1n) is 13.3. The van der Waals surface area contributed by atoms with E-state index in [0.717, 1.165) is 17.5 Å². The van der Waals surface area contributed by atoms with Crippen LogP contribution in [0.25, 0.3) is 11.3 Å². The van der Waals surface area contributed by atoms with Gasteiger partial charge >= 0.3 is 0 Å². The normalized spacial score (nSPS) is 10.7. The quantitative estimate of drug-likeness (QED) is 0.222. The van der Waals surface area contributed by atoms with Gasteiger partial charge in [0.1, 0.15) is 0 Å². The van der Waals surface area contributed by atoms with Crippen molar-refractivity contribution in [3.05, 3.63) is 70.9 Å². The van der Waals surface area contributed by atoms with Gasteiger partial charge < -0.3 is 15.2 Å². The minimum atomic E-state index is -0.360. The summed E-state index contributed by atoms with van der Waals surface area (Å²) in [6.07, 6.45) is 9.85. The maximum atomic E-state index is 12.4. The molecule has 0 bridgehead atoms. The molecular weight excluding hydrogens is 508 g/mol. The van der Waals surface area contributed by atoms with Crippen LogP contribution in [0.1, 0.15) is 94.5 Å². The molecule has 0 aliphatic heterocycles. The summed E-state index contributed by atoms with van der Waals surface area (Å²) in [5.74, 6) is -0.666.